The molecule has 4 rings (SSSR count). The third kappa shape index (κ3) is 3.77. The lowest BCUT2D eigenvalue weighted by Crippen LogP contribution is -2.59. The minimum Gasteiger partial charge on any atom is -0.362 e. The molecule has 3 aromatic rings. The number of aryl methyl sites for hydroxylation is 1. The first-order chi connectivity index (χ1) is 13.8. The lowest BCUT2D eigenvalue weighted by Gasteiger charge is -2.53. The van der Waals surface area contributed by atoms with Crippen LogP contribution in [0.1, 0.15) is 37.4 Å². The van der Waals surface area contributed by atoms with Gasteiger partial charge in [0, 0.05) is 30.0 Å². The number of likely N-dealkylation sites (tertiary alicyclic amines) is 1. The van der Waals surface area contributed by atoms with E-state index in [1.165, 1.54) is 12.1 Å². The van der Waals surface area contributed by atoms with E-state index >= 15 is 0 Å². The Morgan fingerprint density at radius 2 is 2.10 bits per heavy atom. The van der Waals surface area contributed by atoms with Crippen LogP contribution in [0.15, 0.2) is 41.2 Å². The van der Waals surface area contributed by atoms with Crippen LogP contribution in [-0.2, 0) is 16.1 Å². The number of hydrogen-bond donors (Lipinski definition) is 0. The van der Waals surface area contributed by atoms with Gasteiger partial charge in [0.25, 0.3) is 5.89 Å². The van der Waals surface area contributed by atoms with Gasteiger partial charge in [0.2, 0.25) is 5.91 Å². The summed E-state index contributed by atoms with van der Waals surface area (Å²) >= 11 is 0. The van der Waals surface area contributed by atoms with E-state index in [1.54, 1.807) is 30.2 Å². The molecule has 0 bridgehead atoms. The van der Waals surface area contributed by atoms with Crippen molar-refractivity contribution in [1.82, 2.24) is 24.6 Å². The van der Waals surface area contributed by atoms with Crippen molar-refractivity contribution in [3.63, 3.8) is 0 Å². The Kier molecular flexibility index (Phi) is 4.91. The van der Waals surface area contributed by atoms with Gasteiger partial charge >= 0.3 is 0 Å². The summed E-state index contributed by atoms with van der Waals surface area (Å²) < 4.78 is 25.6. The molecule has 1 aromatic carbocycles. The van der Waals surface area contributed by atoms with E-state index in [2.05, 4.69) is 29.0 Å². The molecular weight excluding hydrogens is 377 g/mol. The minimum atomic E-state index is -0.301. The molecule has 1 unspecified atom stereocenters. The van der Waals surface area contributed by atoms with Crippen LogP contribution in [0.2, 0.25) is 0 Å². The number of amides is 1. The van der Waals surface area contributed by atoms with Crippen LogP contribution < -0.4 is 0 Å². The molecule has 1 amide bonds. The Morgan fingerprint density at radius 1 is 1.34 bits per heavy atom. The second-order valence-electron chi connectivity index (χ2n) is 7.77. The zero-order valence-corrected chi connectivity index (χ0v) is 16.5. The van der Waals surface area contributed by atoms with Crippen molar-refractivity contribution in [1.29, 1.82) is 0 Å². The molecule has 1 fully saturated rings. The fourth-order valence-corrected chi connectivity index (χ4v) is 3.69. The standard InChI is InChI=1S/C20H22FN5O3/c1-13-23-16(29-24-13)10-28-11-17(27)26-12-20(2,3)18(26)19-22-8-9-25(19)15-6-4-14(21)5-7-15/h4-9,18H,10-12H2,1-3H3. The number of carbonyl (C=O) groups excluding carboxylic acids is 1. The molecule has 9 heteroatoms. The number of imidazole rings is 1. The summed E-state index contributed by atoms with van der Waals surface area (Å²) in [5, 5.41) is 3.69. The van der Waals surface area contributed by atoms with E-state index in [1.807, 2.05) is 10.8 Å². The number of aromatic nitrogens is 4. The van der Waals surface area contributed by atoms with Crippen molar-refractivity contribution in [2.45, 2.75) is 33.4 Å². The number of carbonyl (C=O) groups is 1. The maximum Gasteiger partial charge on any atom is 0.252 e. The quantitative estimate of drug-likeness (QED) is 0.634. The summed E-state index contributed by atoms with van der Waals surface area (Å²) in [6.45, 7) is 6.48. The summed E-state index contributed by atoms with van der Waals surface area (Å²) in [5.41, 5.74) is 0.638. The predicted octanol–water partition coefficient (Wildman–Crippen LogP) is 2.83. The number of halogens is 1. The zero-order chi connectivity index (χ0) is 20.6. The van der Waals surface area contributed by atoms with Gasteiger partial charge in [-0.05, 0) is 31.2 Å². The maximum atomic E-state index is 13.3. The van der Waals surface area contributed by atoms with E-state index in [0.717, 1.165) is 11.5 Å². The molecule has 29 heavy (non-hydrogen) atoms. The van der Waals surface area contributed by atoms with Crippen molar-refractivity contribution < 1.29 is 18.4 Å². The largest absolute Gasteiger partial charge is 0.362 e. The van der Waals surface area contributed by atoms with Gasteiger partial charge in [0.05, 0.1) is 6.04 Å². The summed E-state index contributed by atoms with van der Waals surface area (Å²) in [4.78, 5) is 23.1. The monoisotopic (exact) mass is 399 g/mol. The molecule has 0 radical (unpaired) electrons. The topological polar surface area (TPSA) is 86.3 Å². The van der Waals surface area contributed by atoms with Crippen LogP contribution in [0.4, 0.5) is 4.39 Å². The van der Waals surface area contributed by atoms with Crippen LogP contribution in [0.3, 0.4) is 0 Å². The van der Waals surface area contributed by atoms with Crippen molar-refractivity contribution in [2.24, 2.45) is 5.41 Å². The SMILES string of the molecule is Cc1noc(COCC(=O)N2CC(C)(C)C2c2nccn2-c2ccc(F)cc2)n1. The van der Waals surface area contributed by atoms with Crippen LogP contribution in [0.5, 0.6) is 0 Å². The Morgan fingerprint density at radius 3 is 2.76 bits per heavy atom. The van der Waals surface area contributed by atoms with Gasteiger partial charge in [0.15, 0.2) is 5.82 Å². The van der Waals surface area contributed by atoms with Crippen molar-refractivity contribution in [3.05, 3.63) is 60.0 Å². The van der Waals surface area contributed by atoms with Gasteiger partial charge in [-0.15, -0.1) is 0 Å². The summed E-state index contributed by atoms with van der Waals surface area (Å²) in [6.07, 6.45) is 3.50. The first-order valence-corrected chi connectivity index (χ1v) is 9.31. The highest BCUT2D eigenvalue weighted by molar-refractivity contribution is 5.79. The highest BCUT2D eigenvalue weighted by atomic mass is 19.1. The third-order valence-electron chi connectivity index (χ3n) is 4.99. The van der Waals surface area contributed by atoms with E-state index < -0.39 is 0 Å². The van der Waals surface area contributed by atoms with Crippen LogP contribution in [0, 0.1) is 18.2 Å². The van der Waals surface area contributed by atoms with Crippen LogP contribution in [0.25, 0.3) is 5.69 Å². The van der Waals surface area contributed by atoms with Crippen LogP contribution >= 0.6 is 0 Å². The Balaban J connectivity index is 1.48. The zero-order valence-electron chi connectivity index (χ0n) is 16.5. The third-order valence-corrected chi connectivity index (χ3v) is 4.99. The first-order valence-electron chi connectivity index (χ1n) is 9.31. The molecule has 8 nitrogen and oxygen atoms in total. The molecule has 152 valence electrons. The molecule has 1 aliphatic rings. The van der Waals surface area contributed by atoms with Crippen molar-refractivity contribution >= 4 is 5.91 Å². The molecule has 1 saturated heterocycles. The Labute approximate surface area is 167 Å². The fraction of sp³-hybridized carbons (Fsp3) is 0.400. The summed E-state index contributed by atoms with van der Waals surface area (Å²) in [6, 6.07) is 5.97. The maximum absolute atomic E-state index is 13.3. The molecule has 2 aromatic heterocycles. The molecule has 1 atom stereocenters. The normalized spacial score (nSPS) is 17.9. The van der Waals surface area contributed by atoms with E-state index in [0.29, 0.717) is 18.3 Å². The van der Waals surface area contributed by atoms with E-state index in [-0.39, 0.29) is 36.4 Å². The van der Waals surface area contributed by atoms with Gasteiger partial charge in [-0.25, -0.2) is 9.37 Å². The Bertz CT molecular complexity index is 1010. The first kappa shape index (κ1) is 19.3. The van der Waals surface area contributed by atoms with Gasteiger partial charge in [-0.3, -0.25) is 4.79 Å². The number of rotatable bonds is 6. The molecule has 0 N–H and O–H groups in total. The lowest BCUT2D eigenvalue weighted by atomic mass is 9.74. The summed E-state index contributed by atoms with van der Waals surface area (Å²) in [5.74, 6) is 1.15. The second kappa shape index (κ2) is 7.40. The minimum absolute atomic E-state index is 0.0820. The van der Waals surface area contributed by atoms with E-state index in [9.17, 15) is 9.18 Å². The average Bonchev–Trinajstić information content (AvgIpc) is 3.30. The van der Waals surface area contributed by atoms with Crippen molar-refractivity contribution in [3.8, 4) is 5.69 Å². The van der Waals surface area contributed by atoms with E-state index in [4.69, 9.17) is 9.26 Å². The van der Waals surface area contributed by atoms with Gasteiger partial charge in [-0.1, -0.05) is 19.0 Å². The molecule has 0 saturated carbocycles. The number of ether oxygens (including phenoxy) is 1. The second-order valence-corrected chi connectivity index (χ2v) is 7.77. The smallest absolute Gasteiger partial charge is 0.252 e. The molecular formula is C20H22FN5O3. The fourth-order valence-electron chi connectivity index (χ4n) is 3.69. The number of hydrogen-bond acceptors (Lipinski definition) is 6. The van der Waals surface area contributed by atoms with Crippen LogP contribution in [-0.4, -0.2) is 43.7 Å². The molecule has 1 aliphatic heterocycles. The van der Waals surface area contributed by atoms with Gasteiger partial charge in [-0.2, -0.15) is 4.98 Å². The number of nitrogens with zero attached hydrogens (tertiary/aromatic N) is 5. The molecule has 0 spiro atoms. The summed E-state index contributed by atoms with van der Waals surface area (Å²) in [7, 11) is 0. The highest BCUT2D eigenvalue weighted by Gasteiger charge is 2.50. The molecule has 3 heterocycles. The van der Waals surface area contributed by atoms with Gasteiger partial charge in [0.1, 0.15) is 24.9 Å². The van der Waals surface area contributed by atoms with Crippen molar-refractivity contribution in [2.75, 3.05) is 13.2 Å². The predicted molar refractivity (Wildman–Crippen MR) is 100 cm³/mol. The lowest BCUT2D eigenvalue weighted by molar-refractivity contribution is -0.158. The Hall–Kier alpha value is -3.07. The average molecular weight is 399 g/mol. The molecule has 0 aliphatic carbocycles. The van der Waals surface area contributed by atoms with Gasteiger partial charge < -0.3 is 18.7 Å². The highest BCUT2D eigenvalue weighted by Crippen LogP contribution is 2.48. The number of benzene rings is 1.